The lowest BCUT2D eigenvalue weighted by molar-refractivity contribution is 0.481. The molecule has 1 atom stereocenters. The molecule has 1 aliphatic heterocycles. The van der Waals surface area contributed by atoms with Crippen LogP contribution in [0.5, 0.6) is 0 Å². The highest BCUT2D eigenvalue weighted by Crippen LogP contribution is 2.31. The van der Waals surface area contributed by atoms with Crippen LogP contribution < -0.4 is 4.90 Å². The van der Waals surface area contributed by atoms with Crippen molar-refractivity contribution in [3.63, 3.8) is 0 Å². The molecule has 0 N–H and O–H groups in total. The molecule has 7 nitrogen and oxygen atoms in total. The molecule has 1 saturated heterocycles. The number of hydrogen-bond donors (Lipinski definition) is 0. The Morgan fingerprint density at radius 3 is 2.70 bits per heavy atom. The zero-order valence-corrected chi connectivity index (χ0v) is 14.0. The van der Waals surface area contributed by atoms with E-state index < -0.39 is 0 Å². The van der Waals surface area contributed by atoms with Gasteiger partial charge in [-0.15, -0.1) is 0 Å². The molecule has 23 heavy (non-hydrogen) atoms. The van der Waals surface area contributed by atoms with Gasteiger partial charge in [-0.05, 0) is 33.3 Å². The Morgan fingerprint density at radius 2 is 1.96 bits per heavy atom. The first-order chi connectivity index (χ1) is 11.0. The molecule has 0 amide bonds. The van der Waals surface area contributed by atoms with Crippen LogP contribution in [0.25, 0.3) is 11.0 Å². The van der Waals surface area contributed by atoms with Crippen molar-refractivity contribution in [2.24, 2.45) is 7.05 Å². The highest BCUT2D eigenvalue weighted by atomic mass is 15.4. The fourth-order valence-corrected chi connectivity index (χ4v) is 3.65. The van der Waals surface area contributed by atoms with Gasteiger partial charge in [0.1, 0.15) is 12.1 Å². The van der Waals surface area contributed by atoms with E-state index in [1.54, 1.807) is 6.33 Å². The summed E-state index contributed by atoms with van der Waals surface area (Å²) in [6.07, 6.45) is 2.71. The highest BCUT2D eigenvalue weighted by molar-refractivity contribution is 5.89. The zero-order valence-electron chi connectivity index (χ0n) is 14.0. The van der Waals surface area contributed by atoms with Crippen molar-refractivity contribution in [1.29, 1.82) is 0 Å². The lowest BCUT2D eigenvalue weighted by Gasteiger charge is -2.19. The van der Waals surface area contributed by atoms with Gasteiger partial charge in [-0.3, -0.25) is 9.36 Å². The van der Waals surface area contributed by atoms with Gasteiger partial charge < -0.3 is 4.90 Å². The first kappa shape index (κ1) is 14.2. The van der Waals surface area contributed by atoms with Crippen molar-refractivity contribution in [3.8, 4) is 0 Å². The van der Waals surface area contributed by atoms with Gasteiger partial charge in [-0.25, -0.2) is 9.97 Å². The molecule has 3 aromatic rings. The predicted molar refractivity (Wildman–Crippen MR) is 88.6 cm³/mol. The molecule has 3 aromatic heterocycles. The van der Waals surface area contributed by atoms with Crippen LogP contribution >= 0.6 is 0 Å². The smallest absolute Gasteiger partial charge is 0.163 e. The predicted octanol–water partition coefficient (Wildman–Crippen LogP) is 1.94. The molecule has 1 aliphatic rings. The molecule has 120 valence electrons. The zero-order chi connectivity index (χ0) is 16.1. The number of nitrogens with zero attached hydrogens (tertiary/aromatic N) is 7. The van der Waals surface area contributed by atoms with Gasteiger partial charge in [0.15, 0.2) is 5.65 Å². The summed E-state index contributed by atoms with van der Waals surface area (Å²) in [7, 11) is 1.93. The van der Waals surface area contributed by atoms with Crippen LogP contribution in [-0.2, 0) is 7.05 Å². The van der Waals surface area contributed by atoms with E-state index in [0.29, 0.717) is 6.04 Å². The Balaban J connectivity index is 1.69. The second-order valence-electron chi connectivity index (χ2n) is 6.37. The van der Waals surface area contributed by atoms with Crippen LogP contribution in [0.3, 0.4) is 0 Å². The molecular formula is C16H21N7. The summed E-state index contributed by atoms with van der Waals surface area (Å²) >= 11 is 0. The third-order valence-corrected chi connectivity index (χ3v) is 4.63. The Bertz CT molecular complexity index is 876. The summed E-state index contributed by atoms with van der Waals surface area (Å²) in [5, 5.41) is 10.2. The van der Waals surface area contributed by atoms with E-state index in [1.165, 1.54) is 5.69 Å². The lowest BCUT2D eigenvalue weighted by Crippen LogP contribution is -2.23. The van der Waals surface area contributed by atoms with Gasteiger partial charge in [0.25, 0.3) is 0 Å². The minimum absolute atomic E-state index is 0.394. The fourth-order valence-electron chi connectivity index (χ4n) is 3.65. The molecular weight excluding hydrogens is 290 g/mol. The van der Waals surface area contributed by atoms with Crippen molar-refractivity contribution in [1.82, 2.24) is 29.5 Å². The molecule has 1 fully saturated rings. The van der Waals surface area contributed by atoms with Crippen molar-refractivity contribution in [2.75, 3.05) is 18.0 Å². The van der Waals surface area contributed by atoms with Crippen LogP contribution in [-0.4, -0.2) is 42.6 Å². The molecule has 0 aromatic carbocycles. The number of hydrogen-bond acceptors (Lipinski definition) is 5. The van der Waals surface area contributed by atoms with Crippen LogP contribution in [0, 0.1) is 20.8 Å². The fraction of sp³-hybridized carbons (Fsp3) is 0.500. The lowest BCUT2D eigenvalue weighted by atomic mass is 10.2. The first-order valence-corrected chi connectivity index (χ1v) is 7.96. The quantitative estimate of drug-likeness (QED) is 0.723. The van der Waals surface area contributed by atoms with Gasteiger partial charge >= 0.3 is 0 Å². The van der Waals surface area contributed by atoms with Crippen LogP contribution in [0.2, 0.25) is 0 Å². The Kier molecular flexibility index (Phi) is 3.11. The molecule has 0 spiro atoms. The minimum Gasteiger partial charge on any atom is -0.354 e. The molecule has 0 unspecified atom stereocenters. The van der Waals surface area contributed by atoms with Gasteiger partial charge in [-0.1, -0.05) is 0 Å². The van der Waals surface area contributed by atoms with E-state index in [2.05, 4.69) is 42.7 Å². The van der Waals surface area contributed by atoms with E-state index in [-0.39, 0.29) is 0 Å². The summed E-state index contributed by atoms with van der Waals surface area (Å²) in [5.41, 5.74) is 4.17. The van der Waals surface area contributed by atoms with Crippen LogP contribution in [0.1, 0.15) is 29.5 Å². The monoisotopic (exact) mass is 311 g/mol. The van der Waals surface area contributed by atoms with Crippen LogP contribution in [0.4, 0.5) is 5.82 Å². The summed E-state index contributed by atoms with van der Waals surface area (Å²) < 4.78 is 3.98. The van der Waals surface area contributed by atoms with Gasteiger partial charge in [0, 0.05) is 25.8 Å². The topological polar surface area (TPSA) is 64.7 Å². The van der Waals surface area contributed by atoms with Gasteiger partial charge in [-0.2, -0.15) is 10.2 Å². The number of rotatable bonds is 2. The van der Waals surface area contributed by atoms with E-state index in [1.807, 2.05) is 25.6 Å². The standard InChI is InChI=1S/C16H21N7/c1-10-7-11(2)23(19-10)13-5-6-22(8-13)16-14-12(3)20-21(4)15(14)17-9-18-16/h7,9,13H,5-6,8H2,1-4H3/t13-/m0/s1. The second kappa shape index (κ2) is 5.04. The maximum Gasteiger partial charge on any atom is 0.163 e. The first-order valence-electron chi connectivity index (χ1n) is 7.96. The van der Waals surface area contributed by atoms with Gasteiger partial charge in [0.2, 0.25) is 0 Å². The number of aryl methyl sites for hydroxylation is 4. The Morgan fingerprint density at radius 1 is 1.13 bits per heavy atom. The summed E-state index contributed by atoms with van der Waals surface area (Å²) in [4.78, 5) is 11.3. The molecule has 0 bridgehead atoms. The van der Waals surface area contributed by atoms with Crippen molar-refractivity contribution in [3.05, 3.63) is 29.5 Å². The van der Waals surface area contributed by atoms with Crippen molar-refractivity contribution >= 4 is 16.9 Å². The normalized spacial score (nSPS) is 18.3. The van der Waals surface area contributed by atoms with Crippen LogP contribution in [0.15, 0.2) is 12.4 Å². The summed E-state index contributed by atoms with van der Waals surface area (Å²) in [6, 6.07) is 2.53. The summed E-state index contributed by atoms with van der Waals surface area (Å²) in [5.74, 6) is 0.990. The van der Waals surface area contributed by atoms with E-state index in [9.17, 15) is 0 Å². The van der Waals surface area contributed by atoms with Gasteiger partial charge in [0.05, 0.1) is 22.8 Å². The van der Waals surface area contributed by atoms with Crippen molar-refractivity contribution in [2.45, 2.75) is 33.2 Å². The van der Waals surface area contributed by atoms with E-state index in [4.69, 9.17) is 0 Å². The number of anilines is 1. The molecule has 4 rings (SSSR count). The maximum atomic E-state index is 4.65. The average Bonchev–Trinajstić information content (AvgIpc) is 3.19. The average molecular weight is 311 g/mol. The maximum absolute atomic E-state index is 4.65. The molecule has 7 heteroatoms. The largest absolute Gasteiger partial charge is 0.354 e. The highest BCUT2D eigenvalue weighted by Gasteiger charge is 2.28. The van der Waals surface area contributed by atoms with E-state index in [0.717, 1.165) is 47.7 Å². The number of aromatic nitrogens is 6. The molecule has 0 saturated carbocycles. The van der Waals surface area contributed by atoms with E-state index >= 15 is 0 Å². The molecule has 0 aliphatic carbocycles. The molecule has 0 radical (unpaired) electrons. The minimum atomic E-state index is 0.394. The second-order valence-corrected chi connectivity index (χ2v) is 6.37. The third-order valence-electron chi connectivity index (χ3n) is 4.63. The molecule has 4 heterocycles. The van der Waals surface area contributed by atoms with Crippen molar-refractivity contribution < 1.29 is 0 Å². The third kappa shape index (κ3) is 2.18. The summed E-state index contributed by atoms with van der Waals surface area (Å²) in [6.45, 7) is 8.08. The number of fused-ring (bicyclic) bond motifs is 1. The SMILES string of the molecule is Cc1cc(C)n([C@H]2CCN(c3ncnc4c3c(C)nn4C)C2)n1. The Labute approximate surface area is 134 Å². The Hall–Kier alpha value is -2.44.